The van der Waals surface area contributed by atoms with E-state index in [1.807, 2.05) is 36.7 Å². The van der Waals surface area contributed by atoms with Gasteiger partial charge in [0, 0.05) is 30.2 Å². The van der Waals surface area contributed by atoms with Crippen molar-refractivity contribution in [3.05, 3.63) is 75.2 Å². The van der Waals surface area contributed by atoms with Gasteiger partial charge >= 0.3 is 0 Å². The summed E-state index contributed by atoms with van der Waals surface area (Å²) in [6.07, 6.45) is 0. The van der Waals surface area contributed by atoms with Crippen molar-refractivity contribution in [3.63, 3.8) is 0 Å². The first kappa shape index (κ1) is 20.8. The molecule has 1 saturated heterocycles. The molecule has 1 amide bonds. The minimum absolute atomic E-state index is 0.0564. The molecule has 0 bridgehead atoms. The van der Waals surface area contributed by atoms with E-state index in [0.717, 1.165) is 37.7 Å². The molecule has 3 heterocycles. The SMILES string of the molecule is Cc1nn(Cc2ccccc2)c(C)c1C(=O)NC[C@H](c1cccs1)N1CCOCC1. The standard InChI is InChI=1S/C23H28N4O2S/c1-17-22(18(2)27(25-17)16-19-7-4-3-5-8-19)23(28)24-15-20(21-9-6-14-30-21)26-10-12-29-13-11-26/h3-9,14,20H,10-13,15-16H2,1-2H3,(H,24,28)/t20-/m1/s1. The van der Waals surface area contributed by atoms with Gasteiger partial charge in [0.05, 0.1) is 37.1 Å². The van der Waals surface area contributed by atoms with Crippen LogP contribution in [0.3, 0.4) is 0 Å². The van der Waals surface area contributed by atoms with Crippen molar-refractivity contribution >= 4 is 17.2 Å². The summed E-state index contributed by atoms with van der Waals surface area (Å²) in [5, 5.41) is 9.89. The van der Waals surface area contributed by atoms with Gasteiger partial charge in [-0.25, -0.2) is 0 Å². The number of benzene rings is 1. The zero-order valence-electron chi connectivity index (χ0n) is 17.5. The van der Waals surface area contributed by atoms with Crippen LogP contribution in [0.2, 0.25) is 0 Å². The van der Waals surface area contributed by atoms with Crippen LogP contribution in [0.25, 0.3) is 0 Å². The van der Waals surface area contributed by atoms with Crippen LogP contribution in [-0.2, 0) is 11.3 Å². The highest BCUT2D eigenvalue weighted by Gasteiger charge is 2.25. The number of amides is 1. The Balaban J connectivity index is 1.47. The number of hydrogen-bond donors (Lipinski definition) is 1. The Labute approximate surface area is 181 Å². The number of aromatic nitrogens is 2. The Morgan fingerprint density at radius 1 is 1.17 bits per heavy atom. The number of morpholine rings is 1. The summed E-state index contributed by atoms with van der Waals surface area (Å²) in [6, 6.07) is 14.6. The van der Waals surface area contributed by atoms with Gasteiger partial charge in [0.1, 0.15) is 0 Å². The summed E-state index contributed by atoms with van der Waals surface area (Å²) in [6.45, 7) is 8.34. The number of thiophene rings is 1. The predicted molar refractivity (Wildman–Crippen MR) is 119 cm³/mol. The van der Waals surface area contributed by atoms with Crippen LogP contribution in [0.1, 0.15) is 38.2 Å². The van der Waals surface area contributed by atoms with Gasteiger partial charge in [-0.15, -0.1) is 11.3 Å². The zero-order valence-corrected chi connectivity index (χ0v) is 18.3. The van der Waals surface area contributed by atoms with Gasteiger partial charge in [-0.1, -0.05) is 36.4 Å². The number of nitrogens with one attached hydrogen (secondary N) is 1. The number of aryl methyl sites for hydroxylation is 1. The molecule has 30 heavy (non-hydrogen) atoms. The van der Waals surface area contributed by atoms with Crippen molar-refractivity contribution in [1.82, 2.24) is 20.0 Å². The third-order valence-corrected chi connectivity index (χ3v) is 6.57. The topological polar surface area (TPSA) is 59.4 Å². The molecule has 1 atom stereocenters. The van der Waals surface area contributed by atoms with Crippen LogP contribution in [-0.4, -0.2) is 53.4 Å². The molecule has 0 saturated carbocycles. The van der Waals surface area contributed by atoms with E-state index in [0.29, 0.717) is 18.7 Å². The van der Waals surface area contributed by atoms with Crippen LogP contribution < -0.4 is 5.32 Å². The monoisotopic (exact) mass is 424 g/mol. The van der Waals surface area contributed by atoms with Crippen LogP contribution in [0, 0.1) is 13.8 Å². The van der Waals surface area contributed by atoms with Gasteiger partial charge in [-0.2, -0.15) is 5.10 Å². The van der Waals surface area contributed by atoms with Crippen molar-refractivity contribution in [2.24, 2.45) is 0 Å². The maximum absolute atomic E-state index is 13.1. The molecule has 1 fully saturated rings. The first-order chi connectivity index (χ1) is 14.6. The van der Waals surface area contributed by atoms with Gasteiger partial charge in [-0.05, 0) is 30.9 Å². The Bertz CT molecular complexity index is 963. The minimum atomic E-state index is -0.0564. The molecular formula is C23H28N4O2S. The number of nitrogens with zero attached hydrogens (tertiary/aromatic N) is 3. The van der Waals surface area contributed by atoms with Crippen LogP contribution >= 0.6 is 11.3 Å². The number of rotatable bonds is 7. The number of carbonyl (C=O) groups is 1. The van der Waals surface area contributed by atoms with E-state index >= 15 is 0 Å². The van der Waals surface area contributed by atoms with Gasteiger partial charge in [0.2, 0.25) is 0 Å². The molecule has 0 aliphatic carbocycles. The second kappa shape index (κ2) is 9.55. The van der Waals surface area contributed by atoms with E-state index in [1.165, 1.54) is 10.4 Å². The first-order valence-electron chi connectivity index (χ1n) is 10.3. The van der Waals surface area contributed by atoms with Crippen molar-refractivity contribution in [2.75, 3.05) is 32.8 Å². The lowest BCUT2D eigenvalue weighted by atomic mass is 10.1. The molecule has 0 unspecified atom stereocenters. The molecule has 158 valence electrons. The number of hydrogen-bond acceptors (Lipinski definition) is 5. The van der Waals surface area contributed by atoms with E-state index in [-0.39, 0.29) is 11.9 Å². The molecule has 1 N–H and O–H groups in total. The fourth-order valence-electron chi connectivity index (χ4n) is 3.99. The second-order valence-corrected chi connectivity index (χ2v) is 8.56. The summed E-state index contributed by atoms with van der Waals surface area (Å²) in [5.41, 5.74) is 3.51. The molecule has 7 heteroatoms. The molecule has 0 radical (unpaired) electrons. The number of carbonyl (C=O) groups excluding carboxylic acids is 1. The van der Waals surface area contributed by atoms with E-state index in [4.69, 9.17) is 4.74 Å². The Morgan fingerprint density at radius 2 is 1.93 bits per heavy atom. The molecule has 3 aromatic rings. The molecule has 1 aliphatic rings. The van der Waals surface area contributed by atoms with Gasteiger partial charge in [-0.3, -0.25) is 14.4 Å². The van der Waals surface area contributed by atoms with Gasteiger partial charge in [0.25, 0.3) is 5.91 Å². The molecule has 2 aromatic heterocycles. The van der Waals surface area contributed by atoms with E-state index in [2.05, 4.69) is 45.0 Å². The third-order valence-electron chi connectivity index (χ3n) is 5.60. The maximum atomic E-state index is 13.1. The largest absolute Gasteiger partial charge is 0.379 e. The molecular weight excluding hydrogens is 396 g/mol. The molecule has 0 spiro atoms. The third kappa shape index (κ3) is 4.64. The summed E-state index contributed by atoms with van der Waals surface area (Å²) in [7, 11) is 0. The lowest BCUT2D eigenvalue weighted by Gasteiger charge is -2.34. The summed E-state index contributed by atoms with van der Waals surface area (Å²) in [4.78, 5) is 16.8. The lowest BCUT2D eigenvalue weighted by molar-refractivity contribution is 0.0169. The van der Waals surface area contributed by atoms with E-state index in [9.17, 15) is 4.79 Å². The van der Waals surface area contributed by atoms with Crippen LogP contribution in [0.15, 0.2) is 47.8 Å². The van der Waals surface area contributed by atoms with Crippen LogP contribution in [0.5, 0.6) is 0 Å². The number of ether oxygens (including phenoxy) is 1. The van der Waals surface area contributed by atoms with Crippen molar-refractivity contribution in [1.29, 1.82) is 0 Å². The van der Waals surface area contributed by atoms with Gasteiger partial charge < -0.3 is 10.1 Å². The van der Waals surface area contributed by atoms with Crippen LogP contribution in [0.4, 0.5) is 0 Å². The second-order valence-electron chi connectivity index (χ2n) is 7.58. The highest BCUT2D eigenvalue weighted by Crippen LogP contribution is 2.25. The normalized spacial score (nSPS) is 15.8. The highest BCUT2D eigenvalue weighted by molar-refractivity contribution is 7.10. The lowest BCUT2D eigenvalue weighted by Crippen LogP contribution is -2.43. The fraction of sp³-hybridized carbons (Fsp3) is 0.391. The maximum Gasteiger partial charge on any atom is 0.255 e. The highest BCUT2D eigenvalue weighted by atomic mass is 32.1. The zero-order chi connectivity index (χ0) is 20.9. The quantitative estimate of drug-likeness (QED) is 0.631. The minimum Gasteiger partial charge on any atom is -0.379 e. The van der Waals surface area contributed by atoms with Crippen molar-refractivity contribution in [3.8, 4) is 0 Å². The Kier molecular flexibility index (Phi) is 6.62. The van der Waals surface area contributed by atoms with Crippen molar-refractivity contribution < 1.29 is 9.53 Å². The summed E-state index contributed by atoms with van der Waals surface area (Å²) in [5.74, 6) is -0.0564. The Morgan fingerprint density at radius 3 is 2.63 bits per heavy atom. The summed E-state index contributed by atoms with van der Waals surface area (Å²) >= 11 is 1.73. The summed E-state index contributed by atoms with van der Waals surface area (Å²) < 4.78 is 7.42. The van der Waals surface area contributed by atoms with E-state index < -0.39 is 0 Å². The van der Waals surface area contributed by atoms with Crippen molar-refractivity contribution in [2.45, 2.75) is 26.4 Å². The van der Waals surface area contributed by atoms with Gasteiger partial charge in [0.15, 0.2) is 0 Å². The average molecular weight is 425 g/mol. The fourth-order valence-corrected chi connectivity index (χ4v) is 4.85. The average Bonchev–Trinajstić information content (AvgIpc) is 3.38. The first-order valence-corrected chi connectivity index (χ1v) is 11.2. The molecule has 6 nitrogen and oxygen atoms in total. The Hall–Kier alpha value is -2.48. The smallest absolute Gasteiger partial charge is 0.255 e. The molecule has 1 aromatic carbocycles. The van der Waals surface area contributed by atoms with E-state index in [1.54, 1.807) is 11.3 Å². The predicted octanol–water partition coefficient (Wildman–Crippen LogP) is 3.41. The molecule has 1 aliphatic heterocycles. The molecule has 4 rings (SSSR count).